The number of rotatable bonds is 6. The number of hydrogen-bond acceptors (Lipinski definition) is 5. The SMILES string of the molecule is Cc1ccc(C(=CCN2CCCC2)c2cccc(C=CC(=O)O)n2)cc1.O=C(O)C(=O)O. The minimum Gasteiger partial charge on any atom is -0.478 e. The van der Waals surface area contributed by atoms with Crippen molar-refractivity contribution in [2.75, 3.05) is 19.6 Å². The van der Waals surface area contributed by atoms with Gasteiger partial charge in [-0.3, -0.25) is 4.90 Å². The molecule has 1 aromatic carbocycles. The Morgan fingerprint density at radius 2 is 1.59 bits per heavy atom. The molecule has 1 aromatic heterocycles. The Kier molecular flexibility index (Phi) is 9.31. The fourth-order valence-corrected chi connectivity index (χ4v) is 3.14. The van der Waals surface area contributed by atoms with Gasteiger partial charge in [-0.1, -0.05) is 42.0 Å². The Balaban J connectivity index is 0.000000534. The minimum absolute atomic E-state index is 0.643. The van der Waals surface area contributed by atoms with Crippen LogP contribution in [0.1, 0.15) is 35.4 Å². The maximum atomic E-state index is 10.8. The van der Waals surface area contributed by atoms with Crippen LogP contribution in [0.25, 0.3) is 11.6 Å². The molecule has 0 aliphatic carbocycles. The van der Waals surface area contributed by atoms with E-state index in [0.717, 1.165) is 42.5 Å². The molecule has 3 rings (SSSR count). The highest BCUT2D eigenvalue weighted by Crippen LogP contribution is 2.23. The van der Waals surface area contributed by atoms with Crippen LogP contribution in [-0.2, 0) is 14.4 Å². The van der Waals surface area contributed by atoms with Crippen LogP contribution in [0.2, 0.25) is 0 Å². The molecule has 0 atom stereocenters. The zero-order valence-corrected chi connectivity index (χ0v) is 17.8. The Bertz CT molecular complexity index is 993. The van der Waals surface area contributed by atoms with Gasteiger partial charge in [-0.05, 0) is 56.6 Å². The molecule has 0 saturated carbocycles. The molecule has 168 valence electrons. The summed E-state index contributed by atoms with van der Waals surface area (Å²) in [5, 5.41) is 23.6. The number of carboxylic acid groups (broad SMARTS) is 3. The van der Waals surface area contributed by atoms with E-state index < -0.39 is 17.9 Å². The van der Waals surface area contributed by atoms with E-state index in [1.165, 1.54) is 24.5 Å². The predicted octanol–water partition coefficient (Wildman–Crippen LogP) is 3.17. The van der Waals surface area contributed by atoms with Crippen LogP contribution >= 0.6 is 0 Å². The molecule has 32 heavy (non-hydrogen) atoms. The molecule has 1 fully saturated rings. The monoisotopic (exact) mass is 438 g/mol. The molecular formula is C24H26N2O6. The van der Waals surface area contributed by atoms with Gasteiger partial charge in [-0.2, -0.15) is 0 Å². The second-order valence-corrected chi connectivity index (χ2v) is 7.22. The van der Waals surface area contributed by atoms with Crippen LogP contribution in [0, 0.1) is 6.92 Å². The molecule has 0 amide bonds. The summed E-state index contributed by atoms with van der Waals surface area (Å²) in [7, 11) is 0. The second-order valence-electron chi connectivity index (χ2n) is 7.22. The number of hydrogen-bond donors (Lipinski definition) is 3. The summed E-state index contributed by atoms with van der Waals surface area (Å²) in [5.41, 5.74) is 4.94. The lowest BCUT2D eigenvalue weighted by atomic mass is 10.00. The van der Waals surface area contributed by atoms with Crippen molar-refractivity contribution in [1.82, 2.24) is 9.88 Å². The standard InChI is InChI=1S/C22H24N2O2.C2H2O4/c1-17-7-9-18(10-8-17)20(13-16-24-14-2-3-15-24)21-6-4-5-19(23-21)11-12-22(25)26;3-1(4)2(5)6/h4-13H,2-3,14-16H2,1H3,(H,25,26);(H,3,4)(H,5,6). The first-order valence-corrected chi connectivity index (χ1v) is 10.1. The molecule has 8 nitrogen and oxygen atoms in total. The van der Waals surface area contributed by atoms with Crippen molar-refractivity contribution in [2.24, 2.45) is 0 Å². The summed E-state index contributed by atoms with van der Waals surface area (Å²) in [5.74, 6) is -4.62. The Morgan fingerprint density at radius 1 is 0.969 bits per heavy atom. The smallest absolute Gasteiger partial charge is 0.414 e. The van der Waals surface area contributed by atoms with Crippen molar-refractivity contribution >= 4 is 29.6 Å². The molecule has 1 aliphatic rings. The van der Waals surface area contributed by atoms with Crippen LogP contribution < -0.4 is 0 Å². The van der Waals surface area contributed by atoms with E-state index in [4.69, 9.17) is 24.9 Å². The van der Waals surface area contributed by atoms with Crippen molar-refractivity contribution in [3.63, 3.8) is 0 Å². The van der Waals surface area contributed by atoms with Gasteiger partial charge in [-0.25, -0.2) is 19.4 Å². The minimum atomic E-state index is -1.82. The van der Waals surface area contributed by atoms with Crippen molar-refractivity contribution < 1.29 is 29.7 Å². The molecule has 0 unspecified atom stereocenters. The summed E-state index contributed by atoms with van der Waals surface area (Å²) in [6, 6.07) is 14.2. The van der Waals surface area contributed by atoms with Gasteiger partial charge in [0.1, 0.15) is 0 Å². The molecule has 0 radical (unpaired) electrons. The number of likely N-dealkylation sites (tertiary alicyclic amines) is 1. The second kappa shape index (κ2) is 12.2. The molecule has 3 N–H and O–H groups in total. The number of aliphatic carboxylic acids is 3. The van der Waals surface area contributed by atoms with Gasteiger partial charge in [0.2, 0.25) is 0 Å². The summed E-state index contributed by atoms with van der Waals surface area (Å²) in [4.78, 5) is 36.1. The highest BCUT2D eigenvalue weighted by Gasteiger charge is 2.12. The van der Waals surface area contributed by atoms with E-state index in [9.17, 15) is 4.79 Å². The van der Waals surface area contributed by atoms with Gasteiger partial charge in [0, 0.05) is 18.2 Å². The van der Waals surface area contributed by atoms with Crippen LogP contribution in [-0.4, -0.2) is 62.7 Å². The third-order valence-corrected chi connectivity index (χ3v) is 4.74. The van der Waals surface area contributed by atoms with Gasteiger partial charge in [0.25, 0.3) is 0 Å². The fourth-order valence-electron chi connectivity index (χ4n) is 3.14. The highest BCUT2D eigenvalue weighted by atomic mass is 16.4. The highest BCUT2D eigenvalue weighted by molar-refractivity contribution is 6.27. The number of benzene rings is 1. The number of nitrogens with zero attached hydrogens (tertiary/aromatic N) is 2. The number of aromatic nitrogens is 1. The average Bonchev–Trinajstić information content (AvgIpc) is 3.28. The fraction of sp³-hybridized carbons (Fsp3) is 0.250. The van der Waals surface area contributed by atoms with E-state index in [1.807, 2.05) is 18.2 Å². The summed E-state index contributed by atoms with van der Waals surface area (Å²) in [6.45, 7) is 5.27. The third-order valence-electron chi connectivity index (χ3n) is 4.74. The molecular weight excluding hydrogens is 412 g/mol. The first-order valence-electron chi connectivity index (χ1n) is 10.1. The molecule has 2 heterocycles. The van der Waals surface area contributed by atoms with Crippen molar-refractivity contribution in [2.45, 2.75) is 19.8 Å². The van der Waals surface area contributed by atoms with Gasteiger partial charge in [-0.15, -0.1) is 0 Å². The first-order chi connectivity index (χ1) is 15.3. The van der Waals surface area contributed by atoms with Crippen LogP contribution in [0.15, 0.2) is 54.6 Å². The lowest BCUT2D eigenvalue weighted by Crippen LogP contribution is -2.19. The molecule has 8 heteroatoms. The maximum absolute atomic E-state index is 10.8. The van der Waals surface area contributed by atoms with Gasteiger partial charge < -0.3 is 15.3 Å². The number of pyridine rings is 1. The molecule has 0 bridgehead atoms. The van der Waals surface area contributed by atoms with Gasteiger partial charge >= 0.3 is 17.9 Å². The topological polar surface area (TPSA) is 128 Å². The van der Waals surface area contributed by atoms with E-state index >= 15 is 0 Å². The van der Waals surface area contributed by atoms with Crippen molar-refractivity contribution in [3.05, 3.63) is 77.1 Å². The lowest BCUT2D eigenvalue weighted by molar-refractivity contribution is -0.159. The van der Waals surface area contributed by atoms with Crippen molar-refractivity contribution in [3.8, 4) is 0 Å². The largest absolute Gasteiger partial charge is 0.478 e. The number of aryl methyl sites for hydroxylation is 1. The van der Waals surface area contributed by atoms with Crippen LogP contribution in [0.4, 0.5) is 0 Å². The van der Waals surface area contributed by atoms with Gasteiger partial charge in [0.15, 0.2) is 0 Å². The molecule has 0 spiro atoms. The zero-order chi connectivity index (χ0) is 23.5. The van der Waals surface area contributed by atoms with Gasteiger partial charge in [0.05, 0.1) is 11.4 Å². The normalized spacial score (nSPS) is 14.1. The van der Waals surface area contributed by atoms with E-state index in [1.54, 1.807) is 0 Å². The van der Waals surface area contributed by atoms with Crippen LogP contribution in [0.5, 0.6) is 0 Å². The Morgan fingerprint density at radius 3 is 2.16 bits per heavy atom. The quantitative estimate of drug-likeness (QED) is 0.463. The Hall–Kier alpha value is -3.78. The average molecular weight is 438 g/mol. The molecule has 2 aromatic rings. The van der Waals surface area contributed by atoms with E-state index in [-0.39, 0.29) is 0 Å². The number of carboxylic acids is 3. The Labute approximate surface area is 186 Å². The van der Waals surface area contributed by atoms with Crippen LogP contribution in [0.3, 0.4) is 0 Å². The summed E-state index contributed by atoms with van der Waals surface area (Å²) < 4.78 is 0. The summed E-state index contributed by atoms with van der Waals surface area (Å²) >= 11 is 0. The number of carbonyl (C=O) groups is 3. The predicted molar refractivity (Wildman–Crippen MR) is 120 cm³/mol. The zero-order valence-electron chi connectivity index (χ0n) is 17.8. The van der Waals surface area contributed by atoms with E-state index in [0.29, 0.717) is 5.69 Å². The maximum Gasteiger partial charge on any atom is 0.414 e. The lowest BCUT2D eigenvalue weighted by Gasteiger charge is -2.14. The first kappa shape index (κ1) is 24.5. The molecule has 1 aliphatic heterocycles. The van der Waals surface area contributed by atoms with Crippen molar-refractivity contribution in [1.29, 1.82) is 0 Å². The molecule has 1 saturated heterocycles. The van der Waals surface area contributed by atoms with E-state index in [2.05, 4.69) is 47.1 Å². The third kappa shape index (κ3) is 8.16. The summed E-state index contributed by atoms with van der Waals surface area (Å²) in [6.07, 6.45) is 7.41.